The molecule has 58 heavy (non-hydrogen) atoms. The van der Waals surface area contributed by atoms with Crippen molar-refractivity contribution in [1.82, 2.24) is 5.32 Å². The van der Waals surface area contributed by atoms with Crippen LogP contribution in [-0.2, 0) is 33.8 Å². The van der Waals surface area contributed by atoms with Crippen LogP contribution in [0.3, 0.4) is 0 Å². The van der Waals surface area contributed by atoms with Crippen LogP contribution < -0.4 is 10.5 Å². The third-order valence-electron chi connectivity index (χ3n) is 11.1. The molecule has 7 nitrogen and oxygen atoms in total. The fraction of sp³-hybridized carbons (Fsp3) is 0.420. The van der Waals surface area contributed by atoms with Crippen LogP contribution in [0.5, 0.6) is 0 Å². The van der Waals surface area contributed by atoms with Crippen LogP contribution in [0, 0.1) is 11.8 Å². The van der Waals surface area contributed by atoms with E-state index in [-0.39, 0.29) is 47.2 Å². The summed E-state index contributed by atoms with van der Waals surface area (Å²) in [6.45, 7) is 9.16. The number of Topliss-reactive ketones (excluding diaryl/α,β-unsaturated/α-hetero) is 1. The summed E-state index contributed by atoms with van der Waals surface area (Å²) in [6.07, 6.45) is 8.92. The molecule has 4 aromatic rings. The number of nitrogens with one attached hydrogen (secondary N) is 1. The third-order valence-corrected chi connectivity index (χ3v) is 13.9. The molecule has 1 radical (unpaired) electrons. The van der Waals surface area contributed by atoms with Crippen LogP contribution >= 0.6 is 0 Å². The van der Waals surface area contributed by atoms with E-state index in [1.54, 1.807) is 0 Å². The van der Waals surface area contributed by atoms with Gasteiger partial charge in [0.15, 0.2) is 0 Å². The number of unbranched alkanes of at least 4 members (excludes halogenated alkanes) is 2. The average Bonchev–Trinajstić information content (AvgIpc) is 3.24. The van der Waals surface area contributed by atoms with Crippen molar-refractivity contribution >= 4 is 31.9 Å². The molecule has 1 aliphatic rings. The third kappa shape index (κ3) is 12.0. The normalized spacial score (nSPS) is 18.0. The molecule has 0 heterocycles. The molecule has 0 aromatic heterocycles. The number of hydrogen-bond donors (Lipinski definition) is 1. The van der Waals surface area contributed by atoms with Crippen molar-refractivity contribution in [2.75, 3.05) is 13.7 Å². The Hall–Kier alpha value is -4.63. The maximum atomic E-state index is 14.3. The Balaban J connectivity index is 1.56. The first-order chi connectivity index (χ1) is 28.1. The number of methoxy groups -OCH3 is 1. The molecule has 0 unspecified atom stereocenters. The Kier molecular flexibility index (Phi) is 16.8. The van der Waals surface area contributed by atoms with E-state index in [2.05, 4.69) is 130 Å². The largest absolute Gasteiger partial charge is 0.469 e. The highest BCUT2D eigenvalue weighted by molar-refractivity contribution is 6.70. The number of ether oxygens (including phenoxy) is 2. The van der Waals surface area contributed by atoms with Crippen LogP contribution in [0.1, 0.15) is 102 Å². The van der Waals surface area contributed by atoms with Gasteiger partial charge in [-0.2, -0.15) is 0 Å². The van der Waals surface area contributed by atoms with E-state index in [4.69, 9.17) is 13.9 Å². The summed E-state index contributed by atoms with van der Waals surface area (Å²) in [7, 11) is -0.171. The first kappa shape index (κ1) is 44.5. The molecule has 4 atom stereocenters. The van der Waals surface area contributed by atoms with Gasteiger partial charge in [-0.15, -0.1) is 0 Å². The van der Waals surface area contributed by atoms with Crippen LogP contribution in [0.25, 0.3) is 0 Å². The number of benzene rings is 4. The summed E-state index contributed by atoms with van der Waals surface area (Å²) in [5, 5.41) is 5.15. The van der Waals surface area contributed by atoms with E-state index < -0.39 is 20.5 Å². The number of ketones is 1. The maximum Gasteiger partial charge on any atom is 0.305 e. The van der Waals surface area contributed by atoms with E-state index in [0.29, 0.717) is 45.1 Å². The molecule has 0 bridgehead atoms. The van der Waals surface area contributed by atoms with Crippen molar-refractivity contribution in [3.63, 3.8) is 0 Å². The van der Waals surface area contributed by atoms with Gasteiger partial charge in [-0.1, -0.05) is 168 Å². The summed E-state index contributed by atoms with van der Waals surface area (Å²) in [5.74, 6) is -1.25. The molecule has 1 aliphatic carbocycles. The molecule has 1 fully saturated rings. The van der Waals surface area contributed by atoms with E-state index in [1.807, 2.05) is 36.4 Å². The summed E-state index contributed by atoms with van der Waals surface area (Å²) >= 11 is 0. The summed E-state index contributed by atoms with van der Waals surface area (Å²) < 4.78 is 17.9. The molecule has 0 saturated heterocycles. The summed E-state index contributed by atoms with van der Waals surface area (Å²) in [5.41, 5.74) is 2.37. The van der Waals surface area contributed by atoms with Gasteiger partial charge < -0.3 is 13.9 Å². The Morgan fingerprint density at radius 3 is 1.88 bits per heavy atom. The fourth-order valence-electron chi connectivity index (χ4n) is 8.18. The topological polar surface area (TPSA) is 90.9 Å². The molecule has 0 spiro atoms. The van der Waals surface area contributed by atoms with Crippen LogP contribution in [0.15, 0.2) is 133 Å². The molecule has 8 heteroatoms. The molecule has 0 amide bonds. The zero-order valence-electron chi connectivity index (χ0n) is 35.0. The van der Waals surface area contributed by atoms with Gasteiger partial charge in [0.25, 0.3) is 9.04 Å². The lowest BCUT2D eigenvalue weighted by Crippen LogP contribution is -2.53. The smallest absolute Gasteiger partial charge is 0.305 e. The Morgan fingerprint density at radius 1 is 0.810 bits per heavy atom. The molecule has 4 aromatic carbocycles. The fourth-order valence-corrected chi connectivity index (χ4v) is 10.6. The lowest BCUT2D eigenvalue weighted by Gasteiger charge is -2.43. The van der Waals surface area contributed by atoms with Gasteiger partial charge in [0.2, 0.25) is 0 Å². The van der Waals surface area contributed by atoms with Crippen molar-refractivity contribution in [2.24, 2.45) is 11.8 Å². The number of carbonyl (C=O) groups is 3. The molecule has 1 N–H and O–H groups in total. The second kappa shape index (κ2) is 21.9. The second-order valence-electron chi connectivity index (χ2n) is 16.4. The van der Waals surface area contributed by atoms with Gasteiger partial charge in [0, 0.05) is 36.8 Å². The Labute approximate surface area is 348 Å². The number of rotatable bonds is 20. The molecule has 307 valence electrons. The Bertz CT molecular complexity index is 1780. The van der Waals surface area contributed by atoms with Crippen molar-refractivity contribution in [3.8, 4) is 0 Å². The lowest BCUT2D eigenvalue weighted by atomic mass is 9.71. The van der Waals surface area contributed by atoms with Gasteiger partial charge >= 0.3 is 11.9 Å². The number of esters is 2. The first-order valence-corrected chi connectivity index (χ1v) is 22.4. The van der Waals surface area contributed by atoms with Crippen molar-refractivity contribution in [3.05, 3.63) is 150 Å². The monoisotopic (exact) mass is 800 g/mol. The van der Waals surface area contributed by atoms with Gasteiger partial charge in [0.1, 0.15) is 5.78 Å². The number of hydrogen-bond acceptors (Lipinski definition) is 7. The van der Waals surface area contributed by atoms with Crippen LogP contribution in [0.2, 0.25) is 5.04 Å². The molecule has 5 rings (SSSR count). The molecular formula is C50H62NO6Si. The van der Waals surface area contributed by atoms with Crippen molar-refractivity contribution in [2.45, 2.75) is 108 Å². The van der Waals surface area contributed by atoms with Crippen molar-refractivity contribution < 1.29 is 28.3 Å². The first-order valence-electron chi connectivity index (χ1n) is 21.0. The minimum atomic E-state index is -1.58. The highest BCUT2D eigenvalue weighted by Gasteiger charge is 2.46. The maximum absolute atomic E-state index is 14.3. The van der Waals surface area contributed by atoms with E-state index in [9.17, 15) is 14.4 Å². The number of allylic oxidation sites excluding steroid dienone is 1. The van der Waals surface area contributed by atoms with Gasteiger partial charge in [-0.3, -0.25) is 19.7 Å². The molecular weight excluding hydrogens is 739 g/mol. The highest BCUT2D eigenvalue weighted by atomic mass is 28.3. The SMILES string of the molecule is CCCCOC(=O)CCC/C=C\[C@@H](C[C@H]1C(=O)CC[C@H](O[Si](c2ccccc2)C(C)(C)C)[C@H]1CC(=O)OC)NC(c1ccccc1)(c1ccccc1)c1ccccc1. The summed E-state index contributed by atoms with van der Waals surface area (Å²) in [6, 6.07) is 41.3. The minimum absolute atomic E-state index is 0.0867. The van der Waals surface area contributed by atoms with Crippen molar-refractivity contribution in [1.29, 1.82) is 0 Å². The average molecular weight is 801 g/mol. The standard InChI is InChI=1S/C50H62NO6Si/c1-6-7-35-56-47(53)32-22-11-19-29-41(51-50(38-23-13-8-14-24-38,39-25-15-9-16-26-39)40-27-17-10-18-28-40)36-43-44(37-48(54)55-5)46(34-33-45(43)52)57-58(49(2,3)4)42-30-20-12-21-31-42/h8-10,12-21,23-31,41,43-44,46,51H,6-7,11,22,32-37H2,1-5H3/b29-19-/t41-,43+,44-,46-/m0/s1. The van der Waals surface area contributed by atoms with E-state index >= 15 is 0 Å². The highest BCUT2D eigenvalue weighted by Crippen LogP contribution is 2.41. The molecule has 1 saturated carbocycles. The summed E-state index contributed by atoms with van der Waals surface area (Å²) in [4.78, 5) is 40.0. The Morgan fingerprint density at radius 2 is 1.36 bits per heavy atom. The zero-order chi connectivity index (χ0) is 41.4. The minimum Gasteiger partial charge on any atom is -0.469 e. The van der Waals surface area contributed by atoms with E-state index in [0.717, 1.165) is 29.5 Å². The van der Waals surface area contributed by atoms with E-state index in [1.165, 1.54) is 12.3 Å². The van der Waals surface area contributed by atoms with Crippen LogP contribution in [0.4, 0.5) is 0 Å². The predicted molar refractivity (Wildman–Crippen MR) is 234 cm³/mol. The number of carbonyl (C=O) groups excluding carboxylic acids is 3. The van der Waals surface area contributed by atoms with Gasteiger partial charge in [-0.05, 0) is 59.0 Å². The zero-order valence-corrected chi connectivity index (χ0v) is 36.0. The van der Waals surface area contributed by atoms with Gasteiger partial charge in [-0.25, -0.2) is 0 Å². The van der Waals surface area contributed by atoms with Gasteiger partial charge in [0.05, 0.1) is 25.7 Å². The quantitative estimate of drug-likeness (QED) is 0.0313. The predicted octanol–water partition coefficient (Wildman–Crippen LogP) is 9.64. The lowest BCUT2D eigenvalue weighted by molar-refractivity contribution is -0.146. The van der Waals surface area contributed by atoms with Crippen LogP contribution in [-0.4, -0.2) is 52.6 Å². The molecule has 0 aliphatic heterocycles. The second-order valence-corrected chi connectivity index (χ2v) is 19.4.